The van der Waals surface area contributed by atoms with Crippen molar-refractivity contribution in [2.75, 3.05) is 7.05 Å². The van der Waals surface area contributed by atoms with E-state index in [4.69, 9.17) is 0 Å². The summed E-state index contributed by atoms with van der Waals surface area (Å²) < 4.78 is 0. The number of hydrogen-bond donors (Lipinski definition) is 0. The molecule has 0 atom stereocenters. The lowest BCUT2D eigenvalue weighted by Crippen LogP contribution is -2.22. The predicted octanol–water partition coefficient (Wildman–Crippen LogP) is 4.55. The Labute approximate surface area is 108 Å². The quantitative estimate of drug-likeness (QED) is 0.661. The molecule has 0 aromatic carbocycles. The van der Waals surface area contributed by atoms with E-state index in [0.29, 0.717) is 0 Å². The molecule has 0 saturated heterocycles. The molecule has 0 unspecified atom stereocenters. The number of likely N-dealkylation sites (N-methyl/N-ethyl adjacent to an activating group) is 1. The zero-order valence-electron chi connectivity index (χ0n) is 12.8. The van der Waals surface area contributed by atoms with Crippen molar-refractivity contribution < 1.29 is 4.79 Å². The highest BCUT2D eigenvalue weighted by Crippen LogP contribution is 2.10. The minimum Gasteiger partial charge on any atom is -0.315 e. The molecule has 2 nitrogen and oxygen atoms in total. The van der Waals surface area contributed by atoms with Gasteiger partial charge in [-0.25, -0.2) is 0 Å². The summed E-state index contributed by atoms with van der Waals surface area (Å²) in [5.41, 5.74) is 1.89. The molecule has 0 aromatic rings. The van der Waals surface area contributed by atoms with Crippen LogP contribution in [0.25, 0.3) is 0 Å². The van der Waals surface area contributed by atoms with Crippen molar-refractivity contribution in [3.8, 4) is 0 Å². The van der Waals surface area contributed by atoms with Gasteiger partial charge in [0, 0.05) is 19.7 Å². The smallest absolute Gasteiger partial charge is 0.223 e. The number of carbonyl (C=O) groups excluding carboxylic acids is 1. The lowest BCUT2D eigenvalue weighted by molar-refractivity contribution is -0.125. The summed E-state index contributed by atoms with van der Waals surface area (Å²) in [6.45, 7) is 17.1. The van der Waals surface area contributed by atoms with Crippen LogP contribution < -0.4 is 0 Å². The van der Waals surface area contributed by atoms with Gasteiger partial charge in [-0.1, -0.05) is 46.4 Å². The number of amides is 1. The third kappa shape index (κ3) is 9.61. The Bertz CT molecular complexity index is 262. The molecule has 1 amide bonds. The van der Waals surface area contributed by atoms with Crippen LogP contribution in [-0.2, 0) is 4.79 Å². The van der Waals surface area contributed by atoms with Crippen LogP contribution in [0.2, 0.25) is 0 Å². The van der Waals surface area contributed by atoms with Crippen molar-refractivity contribution in [1.82, 2.24) is 4.90 Å². The van der Waals surface area contributed by atoms with Gasteiger partial charge in [-0.2, -0.15) is 0 Å². The standard InChI is InChI=1S/C11H17NO.2C2H6/c1-6-8-9(3)11(7-2)12(5)10(4)13;2*1-2/h6-8H,2H2,1,3-5H3;2*1-2H3/b8-6-,11-9+;;. The van der Waals surface area contributed by atoms with E-state index in [2.05, 4.69) is 6.58 Å². The lowest BCUT2D eigenvalue weighted by Gasteiger charge is -2.17. The van der Waals surface area contributed by atoms with Gasteiger partial charge in [0.15, 0.2) is 0 Å². The highest BCUT2D eigenvalue weighted by molar-refractivity contribution is 5.75. The van der Waals surface area contributed by atoms with Gasteiger partial charge in [-0.05, 0) is 25.5 Å². The van der Waals surface area contributed by atoms with Crippen LogP contribution in [0.4, 0.5) is 0 Å². The molecule has 0 aromatic heterocycles. The fourth-order valence-electron chi connectivity index (χ4n) is 1.07. The third-order valence-electron chi connectivity index (χ3n) is 1.85. The Hall–Kier alpha value is -1.31. The summed E-state index contributed by atoms with van der Waals surface area (Å²) in [6, 6.07) is 0. The minimum absolute atomic E-state index is 0.0127. The van der Waals surface area contributed by atoms with Crippen molar-refractivity contribution in [3.05, 3.63) is 36.1 Å². The van der Waals surface area contributed by atoms with Crippen LogP contribution in [0.3, 0.4) is 0 Å². The molecule has 0 N–H and O–H groups in total. The van der Waals surface area contributed by atoms with E-state index in [1.807, 2.05) is 53.7 Å². The van der Waals surface area contributed by atoms with Crippen molar-refractivity contribution in [3.63, 3.8) is 0 Å². The third-order valence-corrected chi connectivity index (χ3v) is 1.85. The molecule has 100 valence electrons. The minimum atomic E-state index is 0.0127. The van der Waals surface area contributed by atoms with Crippen molar-refractivity contribution in [2.24, 2.45) is 0 Å². The Morgan fingerprint density at radius 2 is 1.53 bits per heavy atom. The normalized spacial score (nSPS) is 10.4. The van der Waals surface area contributed by atoms with E-state index in [0.717, 1.165) is 11.3 Å². The molecular weight excluding hydrogens is 210 g/mol. The van der Waals surface area contributed by atoms with Crippen LogP contribution in [0.15, 0.2) is 36.1 Å². The monoisotopic (exact) mass is 239 g/mol. The second kappa shape index (κ2) is 14.7. The number of rotatable bonds is 3. The Morgan fingerprint density at radius 3 is 1.76 bits per heavy atom. The summed E-state index contributed by atoms with van der Waals surface area (Å²) in [6.07, 6.45) is 5.58. The van der Waals surface area contributed by atoms with Gasteiger partial charge in [0.05, 0.1) is 0 Å². The van der Waals surface area contributed by atoms with Crippen LogP contribution in [0.1, 0.15) is 48.5 Å². The molecule has 0 radical (unpaired) electrons. The molecule has 0 aliphatic carbocycles. The summed E-state index contributed by atoms with van der Waals surface area (Å²) in [7, 11) is 1.74. The van der Waals surface area contributed by atoms with Gasteiger partial charge >= 0.3 is 0 Å². The second-order valence-corrected chi connectivity index (χ2v) is 2.85. The van der Waals surface area contributed by atoms with Gasteiger partial charge in [0.1, 0.15) is 0 Å². The predicted molar refractivity (Wildman–Crippen MR) is 78.9 cm³/mol. The fraction of sp³-hybridized carbons (Fsp3) is 0.533. The molecule has 0 bridgehead atoms. The maximum Gasteiger partial charge on any atom is 0.223 e. The van der Waals surface area contributed by atoms with Gasteiger partial charge in [-0.15, -0.1) is 0 Å². The first-order valence-corrected chi connectivity index (χ1v) is 6.24. The van der Waals surface area contributed by atoms with Crippen molar-refractivity contribution in [1.29, 1.82) is 0 Å². The Balaban J connectivity index is -0.000000439. The van der Waals surface area contributed by atoms with E-state index in [1.54, 1.807) is 18.0 Å². The van der Waals surface area contributed by atoms with E-state index < -0.39 is 0 Å². The average Bonchev–Trinajstić information content (AvgIpc) is 2.35. The van der Waals surface area contributed by atoms with Crippen LogP contribution in [0.5, 0.6) is 0 Å². The second-order valence-electron chi connectivity index (χ2n) is 2.85. The lowest BCUT2D eigenvalue weighted by atomic mass is 10.2. The molecule has 2 heteroatoms. The van der Waals surface area contributed by atoms with Crippen molar-refractivity contribution >= 4 is 5.91 Å². The number of allylic oxidation sites excluding steroid dienone is 4. The fourth-order valence-corrected chi connectivity index (χ4v) is 1.07. The van der Waals surface area contributed by atoms with Crippen molar-refractivity contribution in [2.45, 2.75) is 48.5 Å². The number of nitrogens with zero attached hydrogens (tertiary/aromatic N) is 1. The van der Waals surface area contributed by atoms with E-state index >= 15 is 0 Å². The molecule has 0 heterocycles. The SMILES string of the molecule is C=C/C(=C(C)\C=C/C)N(C)C(C)=O.CC.CC. The highest BCUT2D eigenvalue weighted by Gasteiger charge is 2.06. The summed E-state index contributed by atoms with van der Waals surface area (Å²) in [5.74, 6) is 0.0127. The maximum atomic E-state index is 11.1. The van der Waals surface area contributed by atoms with Gasteiger partial charge in [0.2, 0.25) is 5.91 Å². The van der Waals surface area contributed by atoms with Gasteiger partial charge in [-0.3, -0.25) is 4.79 Å². The van der Waals surface area contributed by atoms with Crippen LogP contribution >= 0.6 is 0 Å². The zero-order chi connectivity index (χ0) is 14.4. The molecule has 0 rings (SSSR count). The molecule has 0 saturated carbocycles. The van der Waals surface area contributed by atoms with Crippen LogP contribution in [-0.4, -0.2) is 17.9 Å². The van der Waals surface area contributed by atoms with Gasteiger partial charge in [0.25, 0.3) is 0 Å². The summed E-state index contributed by atoms with van der Waals surface area (Å²) in [5, 5.41) is 0. The van der Waals surface area contributed by atoms with E-state index in [9.17, 15) is 4.79 Å². The first-order valence-electron chi connectivity index (χ1n) is 6.24. The summed E-state index contributed by atoms with van der Waals surface area (Å²) >= 11 is 0. The molecule has 0 aliphatic rings. The Morgan fingerprint density at radius 1 is 1.12 bits per heavy atom. The van der Waals surface area contributed by atoms with E-state index in [-0.39, 0.29) is 5.91 Å². The molecule has 17 heavy (non-hydrogen) atoms. The molecule has 0 spiro atoms. The molecular formula is C15H29NO. The number of hydrogen-bond acceptors (Lipinski definition) is 1. The summed E-state index contributed by atoms with van der Waals surface area (Å²) in [4.78, 5) is 12.7. The molecule has 0 aliphatic heterocycles. The molecule has 0 fully saturated rings. The maximum absolute atomic E-state index is 11.1. The topological polar surface area (TPSA) is 20.3 Å². The highest BCUT2D eigenvalue weighted by atomic mass is 16.2. The first-order chi connectivity index (χ1) is 8.04. The van der Waals surface area contributed by atoms with Gasteiger partial charge < -0.3 is 4.90 Å². The first kappa shape index (κ1) is 21.0. The number of carbonyl (C=O) groups is 1. The largest absolute Gasteiger partial charge is 0.315 e. The Kier molecular flexibility index (Phi) is 18.2. The van der Waals surface area contributed by atoms with Crippen LogP contribution in [0, 0.1) is 0 Å². The zero-order valence-corrected chi connectivity index (χ0v) is 12.8. The van der Waals surface area contributed by atoms with E-state index in [1.165, 1.54) is 6.92 Å². The average molecular weight is 239 g/mol.